The van der Waals surface area contributed by atoms with Crippen LogP contribution in [0, 0.1) is 6.92 Å². The summed E-state index contributed by atoms with van der Waals surface area (Å²) < 4.78 is 24.4. The number of rotatable bonds is 3. The molecule has 0 saturated carbocycles. The maximum atomic E-state index is 11.1. The third-order valence-corrected chi connectivity index (χ3v) is 3.93. The van der Waals surface area contributed by atoms with E-state index in [0.717, 1.165) is 5.56 Å². The molecule has 4 nitrogen and oxygen atoms in total. The van der Waals surface area contributed by atoms with Gasteiger partial charge in [-0.25, -0.2) is 8.42 Å². The smallest absolute Gasteiger partial charge is 0.242 e. The van der Waals surface area contributed by atoms with E-state index in [1.807, 2.05) is 6.92 Å². The predicted molar refractivity (Wildman–Crippen MR) is 55.3 cm³/mol. The van der Waals surface area contributed by atoms with Crippen LogP contribution in [-0.2, 0) is 10.0 Å². The molecule has 0 spiro atoms. The van der Waals surface area contributed by atoms with Crippen LogP contribution in [-0.4, -0.2) is 18.1 Å². The van der Waals surface area contributed by atoms with E-state index >= 15 is 0 Å². The van der Waals surface area contributed by atoms with Crippen molar-refractivity contribution in [3.63, 3.8) is 0 Å². The highest BCUT2D eigenvalue weighted by molar-refractivity contribution is 9.10. The van der Waals surface area contributed by atoms with Gasteiger partial charge >= 0.3 is 0 Å². The molecular weight excluding hydrogens is 256 g/mol. The van der Waals surface area contributed by atoms with Crippen LogP contribution in [0.25, 0.3) is 0 Å². The molecule has 0 aliphatic heterocycles. The van der Waals surface area contributed by atoms with Crippen LogP contribution in [0.5, 0.6) is 0 Å². The number of aromatic nitrogens is 1. The largest absolute Gasteiger partial charge is 0.281 e. The van der Waals surface area contributed by atoms with Gasteiger partial charge in [-0.1, -0.05) is 15.9 Å². The fourth-order valence-corrected chi connectivity index (χ4v) is 1.69. The summed E-state index contributed by atoms with van der Waals surface area (Å²) >= 11 is 2.88. The Morgan fingerprint density at radius 3 is 2.77 bits per heavy atom. The van der Waals surface area contributed by atoms with E-state index in [9.17, 15) is 8.42 Å². The lowest BCUT2D eigenvalue weighted by Gasteiger charge is -2.04. The quantitative estimate of drug-likeness (QED) is 0.842. The van der Waals surface area contributed by atoms with Crippen LogP contribution in [0.1, 0.15) is 5.56 Å². The van der Waals surface area contributed by atoms with Crippen LogP contribution in [0.3, 0.4) is 0 Å². The van der Waals surface area contributed by atoms with E-state index in [0.29, 0.717) is 5.69 Å². The first-order valence-corrected chi connectivity index (χ1v) is 6.29. The summed E-state index contributed by atoms with van der Waals surface area (Å²) in [5, 5.41) is 0. The van der Waals surface area contributed by atoms with Crippen molar-refractivity contribution in [3.8, 4) is 0 Å². The lowest BCUT2D eigenvalue weighted by atomic mass is 10.3. The number of alkyl halides is 1. The maximum absolute atomic E-state index is 11.1. The second-order valence-corrected chi connectivity index (χ2v) is 5.60. The topological polar surface area (TPSA) is 59.1 Å². The normalized spacial score (nSPS) is 11.2. The Bertz CT molecular complexity index is 391. The van der Waals surface area contributed by atoms with E-state index < -0.39 is 10.0 Å². The van der Waals surface area contributed by atoms with Crippen molar-refractivity contribution >= 4 is 31.6 Å². The van der Waals surface area contributed by atoms with E-state index in [1.165, 1.54) is 6.20 Å². The molecular formula is C7H9BrN2O2S. The second kappa shape index (κ2) is 4.06. The Kier molecular flexibility index (Phi) is 3.27. The number of anilines is 1. The molecule has 0 aliphatic carbocycles. The molecule has 72 valence electrons. The summed E-state index contributed by atoms with van der Waals surface area (Å²) in [4.78, 5) is 3.86. The van der Waals surface area contributed by atoms with Gasteiger partial charge in [0.25, 0.3) is 0 Å². The number of nitrogens with one attached hydrogen (secondary N) is 1. The van der Waals surface area contributed by atoms with Crippen LogP contribution in [0.2, 0.25) is 0 Å². The Labute approximate surface area is 85.6 Å². The Balaban J connectivity index is 2.87. The van der Waals surface area contributed by atoms with Crippen molar-refractivity contribution in [1.82, 2.24) is 4.98 Å². The van der Waals surface area contributed by atoms with Gasteiger partial charge in [0.1, 0.15) is 4.66 Å². The fourth-order valence-electron chi connectivity index (χ4n) is 0.818. The van der Waals surface area contributed by atoms with Gasteiger partial charge in [0.15, 0.2) is 0 Å². The number of aryl methyl sites for hydroxylation is 1. The van der Waals surface area contributed by atoms with Gasteiger partial charge in [0.05, 0.1) is 11.9 Å². The van der Waals surface area contributed by atoms with Crippen molar-refractivity contribution in [3.05, 3.63) is 24.0 Å². The SMILES string of the molecule is Cc1cncc(NS(=O)(=O)CBr)c1. The Morgan fingerprint density at radius 2 is 2.23 bits per heavy atom. The van der Waals surface area contributed by atoms with E-state index in [-0.39, 0.29) is 4.66 Å². The summed E-state index contributed by atoms with van der Waals surface area (Å²) in [7, 11) is -3.26. The van der Waals surface area contributed by atoms with Crippen molar-refractivity contribution in [2.75, 3.05) is 9.38 Å². The highest BCUT2D eigenvalue weighted by atomic mass is 79.9. The first kappa shape index (κ1) is 10.5. The standard InChI is InChI=1S/C7H9BrN2O2S/c1-6-2-7(4-9-3-6)10-13(11,12)5-8/h2-4,10H,5H2,1H3. The molecule has 6 heteroatoms. The molecule has 0 fully saturated rings. The van der Waals surface area contributed by atoms with Gasteiger partial charge in [0, 0.05) is 6.20 Å². The summed E-state index contributed by atoms with van der Waals surface area (Å²) in [6, 6.07) is 1.72. The maximum Gasteiger partial charge on any atom is 0.242 e. The molecule has 0 aliphatic rings. The first-order chi connectivity index (χ1) is 6.03. The fraction of sp³-hybridized carbons (Fsp3) is 0.286. The van der Waals surface area contributed by atoms with Gasteiger partial charge in [-0.05, 0) is 18.6 Å². The molecule has 13 heavy (non-hydrogen) atoms. The molecule has 0 bridgehead atoms. The van der Waals surface area contributed by atoms with E-state index in [2.05, 4.69) is 25.6 Å². The van der Waals surface area contributed by atoms with Gasteiger partial charge < -0.3 is 0 Å². The van der Waals surface area contributed by atoms with Gasteiger partial charge in [-0.2, -0.15) is 0 Å². The van der Waals surface area contributed by atoms with Crippen LogP contribution in [0.15, 0.2) is 18.5 Å². The summed E-state index contributed by atoms with van der Waals surface area (Å²) in [5.74, 6) is 0. The number of pyridine rings is 1. The summed E-state index contributed by atoms with van der Waals surface area (Å²) in [5.41, 5.74) is 1.40. The van der Waals surface area contributed by atoms with Crippen molar-refractivity contribution in [2.45, 2.75) is 6.92 Å². The van der Waals surface area contributed by atoms with Gasteiger partial charge in [-0.15, -0.1) is 0 Å². The second-order valence-electron chi connectivity index (χ2n) is 2.58. The van der Waals surface area contributed by atoms with E-state index in [4.69, 9.17) is 0 Å². The average Bonchev–Trinajstić information content (AvgIpc) is 2.03. The Morgan fingerprint density at radius 1 is 1.54 bits per heavy atom. The zero-order valence-electron chi connectivity index (χ0n) is 6.99. The lowest BCUT2D eigenvalue weighted by Crippen LogP contribution is -2.13. The molecule has 1 aromatic heterocycles. The van der Waals surface area contributed by atoms with E-state index in [1.54, 1.807) is 12.3 Å². The average molecular weight is 265 g/mol. The molecule has 0 radical (unpaired) electrons. The molecule has 1 N–H and O–H groups in total. The third-order valence-electron chi connectivity index (χ3n) is 1.29. The number of nitrogens with zero attached hydrogens (tertiary/aromatic N) is 1. The first-order valence-electron chi connectivity index (χ1n) is 3.51. The Hall–Kier alpha value is -0.620. The molecule has 0 atom stereocenters. The van der Waals surface area contributed by atoms with Crippen molar-refractivity contribution in [2.24, 2.45) is 0 Å². The van der Waals surface area contributed by atoms with Crippen molar-refractivity contribution in [1.29, 1.82) is 0 Å². The molecule has 0 saturated heterocycles. The predicted octanol–water partition coefficient (Wildman–Crippen LogP) is 1.48. The zero-order chi connectivity index (χ0) is 9.90. The highest BCUT2D eigenvalue weighted by Gasteiger charge is 2.07. The zero-order valence-corrected chi connectivity index (χ0v) is 9.39. The third kappa shape index (κ3) is 3.31. The number of hydrogen-bond acceptors (Lipinski definition) is 3. The molecule has 1 rings (SSSR count). The van der Waals surface area contributed by atoms with Crippen LogP contribution >= 0.6 is 15.9 Å². The summed E-state index contributed by atoms with van der Waals surface area (Å²) in [6.45, 7) is 1.85. The lowest BCUT2D eigenvalue weighted by molar-refractivity contribution is 0.606. The number of sulfonamides is 1. The molecule has 0 aromatic carbocycles. The minimum Gasteiger partial charge on any atom is -0.281 e. The van der Waals surface area contributed by atoms with Gasteiger partial charge in [-0.3, -0.25) is 9.71 Å². The minimum atomic E-state index is -3.26. The summed E-state index contributed by atoms with van der Waals surface area (Å²) in [6.07, 6.45) is 3.12. The molecule has 1 aromatic rings. The van der Waals surface area contributed by atoms with Gasteiger partial charge in [0.2, 0.25) is 10.0 Å². The monoisotopic (exact) mass is 264 g/mol. The van der Waals surface area contributed by atoms with Crippen LogP contribution in [0.4, 0.5) is 5.69 Å². The number of hydrogen-bond donors (Lipinski definition) is 1. The molecule has 0 amide bonds. The van der Waals surface area contributed by atoms with Crippen molar-refractivity contribution < 1.29 is 8.42 Å². The highest BCUT2D eigenvalue weighted by Crippen LogP contribution is 2.10. The number of halogens is 1. The molecule has 0 unspecified atom stereocenters. The minimum absolute atomic E-state index is 0.117. The van der Waals surface area contributed by atoms with Crippen LogP contribution < -0.4 is 4.72 Å². The molecule has 1 heterocycles.